The van der Waals surface area contributed by atoms with E-state index in [1.54, 1.807) is 6.07 Å². The van der Waals surface area contributed by atoms with Crippen LogP contribution in [0.1, 0.15) is 37.4 Å². The minimum absolute atomic E-state index is 0.103. The number of aromatic hydroxyl groups is 1. The van der Waals surface area contributed by atoms with Crippen molar-refractivity contribution < 1.29 is 14.6 Å². The fraction of sp³-hybridized carbons (Fsp3) is 0.571. The number of carbonyl (C=O) groups is 1. The van der Waals surface area contributed by atoms with Gasteiger partial charge >= 0.3 is 5.97 Å². The Hall–Kier alpha value is -2.01. The zero-order chi connectivity index (χ0) is 18.1. The van der Waals surface area contributed by atoms with Gasteiger partial charge in [-0.15, -0.1) is 0 Å². The number of aromatic amines is 1. The molecule has 0 radical (unpaired) electrons. The molecule has 5 atom stereocenters. The fourth-order valence-electron chi connectivity index (χ4n) is 6.30. The SMILES string of the molecule is CC[C@H]1C[C@@H]2CN3CCc4c([nH]c5ccc(O)cc45)[C@](C(=O)OC)(C2)[C@H]13. The van der Waals surface area contributed by atoms with Gasteiger partial charge in [-0.05, 0) is 54.9 Å². The number of nitrogens with zero attached hydrogens (tertiary/aromatic N) is 1. The van der Waals surface area contributed by atoms with Gasteiger partial charge in [-0.1, -0.05) is 13.3 Å². The summed E-state index contributed by atoms with van der Waals surface area (Å²) in [6.07, 6.45) is 4.07. The van der Waals surface area contributed by atoms with Crippen molar-refractivity contribution in [1.82, 2.24) is 9.88 Å². The van der Waals surface area contributed by atoms with Gasteiger partial charge in [-0.3, -0.25) is 9.69 Å². The molecular formula is C21H26N2O3. The predicted molar refractivity (Wildman–Crippen MR) is 99.2 cm³/mol. The van der Waals surface area contributed by atoms with Gasteiger partial charge in [-0.2, -0.15) is 0 Å². The predicted octanol–water partition coefficient (Wildman–Crippen LogP) is 2.96. The van der Waals surface area contributed by atoms with Crippen molar-refractivity contribution in [3.63, 3.8) is 0 Å². The van der Waals surface area contributed by atoms with Gasteiger partial charge < -0.3 is 14.8 Å². The summed E-state index contributed by atoms with van der Waals surface area (Å²) in [5, 5.41) is 11.0. The molecule has 6 rings (SSSR count). The second-order valence-electron chi connectivity index (χ2n) is 8.34. The van der Waals surface area contributed by atoms with E-state index < -0.39 is 5.41 Å². The Morgan fingerprint density at radius 3 is 3.08 bits per heavy atom. The second-order valence-corrected chi connectivity index (χ2v) is 8.34. The molecule has 1 aliphatic carbocycles. The van der Waals surface area contributed by atoms with E-state index >= 15 is 0 Å². The van der Waals surface area contributed by atoms with Crippen LogP contribution in [-0.2, 0) is 21.4 Å². The zero-order valence-corrected chi connectivity index (χ0v) is 15.4. The summed E-state index contributed by atoms with van der Waals surface area (Å²) < 4.78 is 5.41. The van der Waals surface area contributed by atoms with E-state index in [1.807, 2.05) is 12.1 Å². The molecule has 4 bridgehead atoms. The van der Waals surface area contributed by atoms with Gasteiger partial charge in [0.1, 0.15) is 11.2 Å². The molecule has 5 heteroatoms. The molecule has 1 unspecified atom stereocenters. The number of hydrogen-bond acceptors (Lipinski definition) is 4. The molecule has 4 heterocycles. The molecule has 26 heavy (non-hydrogen) atoms. The Kier molecular flexibility index (Phi) is 3.42. The number of piperidine rings is 2. The Bertz CT molecular complexity index is 889. The van der Waals surface area contributed by atoms with E-state index in [0.29, 0.717) is 11.8 Å². The number of aromatic nitrogens is 1. The maximum atomic E-state index is 13.3. The topological polar surface area (TPSA) is 65.6 Å². The first-order chi connectivity index (χ1) is 12.6. The van der Waals surface area contributed by atoms with Crippen LogP contribution in [0.4, 0.5) is 0 Å². The van der Waals surface area contributed by atoms with E-state index in [0.717, 1.165) is 48.9 Å². The lowest BCUT2D eigenvalue weighted by atomic mass is 9.56. The lowest BCUT2D eigenvalue weighted by molar-refractivity contribution is -0.162. The third-order valence-corrected chi connectivity index (χ3v) is 7.14. The highest BCUT2D eigenvalue weighted by Gasteiger charge is 2.62. The van der Waals surface area contributed by atoms with Crippen LogP contribution in [0.5, 0.6) is 5.75 Å². The third kappa shape index (κ3) is 1.92. The lowest BCUT2D eigenvalue weighted by Gasteiger charge is -2.57. The highest BCUT2D eigenvalue weighted by atomic mass is 16.5. The normalized spacial score (nSPS) is 35.2. The van der Waals surface area contributed by atoms with Crippen molar-refractivity contribution in [3.05, 3.63) is 29.5 Å². The number of nitrogens with one attached hydrogen (secondary N) is 1. The van der Waals surface area contributed by atoms with E-state index in [4.69, 9.17) is 4.74 Å². The third-order valence-electron chi connectivity index (χ3n) is 7.14. The molecule has 1 saturated carbocycles. The molecule has 2 aromatic rings. The first-order valence-corrected chi connectivity index (χ1v) is 9.75. The monoisotopic (exact) mass is 354 g/mol. The molecule has 138 valence electrons. The number of carbonyl (C=O) groups excluding carboxylic acids is 1. The van der Waals surface area contributed by atoms with Crippen molar-refractivity contribution in [2.45, 2.75) is 44.1 Å². The zero-order valence-electron chi connectivity index (χ0n) is 15.4. The van der Waals surface area contributed by atoms with Gasteiger partial charge in [-0.25, -0.2) is 0 Å². The van der Waals surface area contributed by atoms with Crippen molar-refractivity contribution in [3.8, 4) is 5.75 Å². The highest BCUT2D eigenvalue weighted by Crippen LogP contribution is 2.55. The van der Waals surface area contributed by atoms with Crippen molar-refractivity contribution >= 4 is 16.9 Å². The largest absolute Gasteiger partial charge is 0.508 e. The molecule has 4 aliphatic rings. The van der Waals surface area contributed by atoms with Crippen LogP contribution in [0.2, 0.25) is 0 Å². The van der Waals surface area contributed by atoms with E-state index in [9.17, 15) is 9.90 Å². The average molecular weight is 354 g/mol. The van der Waals surface area contributed by atoms with Crippen molar-refractivity contribution in [1.29, 1.82) is 0 Å². The molecule has 3 fully saturated rings. The number of esters is 1. The smallest absolute Gasteiger partial charge is 0.319 e. The molecule has 2 saturated heterocycles. The summed E-state index contributed by atoms with van der Waals surface area (Å²) in [6, 6.07) is 5.65. The number of ether oxygens (including phenoxy) is 1. The van der Waals surface area contributed by atoms with Crippen LogP contribution in [0, 0.1) is 11.8 Å². The van der Waals surface area contributed by atoms with E-state index in [-0.39, 0.29) is 17.8 Å². The first kappa shape index (κ1) is 16.2. The summed E-state index contributed by atoms with van der Waals surface area (Å²) in [5.41, 5.74) is 2.61. The van der Waals surface area contributed by atoms with Crippen LogP contribution in [0.3, 0.4) is 0 Å². The maximum absolute atomic E-state index is 13.3. The van der Waals surface area contributed by atoms with E-state index in [1.165, 1.54) is 19.1 Å². The summed E-state index contributed by atoms with van der Waals surface area (Å²) in [5.74, 6) is 1.23. The number of methoxy groups -OCH3 is 1. The molecular weight excluding hydrogens is 328 g/mol. The number of benzene rings is 1. The van der Waals surface area contributed by atoms with Crippen molar-refractivity contribution in [2.75, 3.05) is 20.2 Å². The van der Waals surface area contributed by atoms with Gasteiger partial charge in [0, 0.05) is 35.7 Å². The Morgan fingerprint density at radius 2 is 2.31 bits per heavy atom. The number of phenolic OH excluding ortho intramolecular Hbond substituents is 1. The standard InChI is InChI=1S/C21H26N2O3/c1-3-13-8-12-10-21(20(25)26-2)18-15(6-7-23(11-12)19(13)21)16-9-14(24)4-5-17(16)22-18/h4-5,9,12-13,19,22,24H,3,6-8,10-11H2,1-2H3/t12-,13-,19-,21+/m0/s1. The molecule has 1 aromatic heterocycles. The second kappa shape index (κ2) is 5.49. The van der Waals surface area contributed by atoms with Crippen LogP contribution < -0.4 is 0 Å². The first-order valence-electron chi connectivity index (χ1n) is 9.75. The highest BCUT2D eigenvalue weighted by molar-refractivity contribution is 5.92. The quantitative estimate of drug-likeness (QED) is 0.814. The lowest BCUT2D eigenvalue weighted by Crippen LogP contribution is -2.67. The van der Waals surface area contributed by atoms with Gasteiger partial charge in [0.25, 0.3) is 0 Å². The van der Waals surface area contributed by atoms with Crippen LogP contribution in [-0.4, -0.2) is 47.2 Å². The number of fused-ring (bicyclic) bond motifs is 4. The van der Waals surface area contributed by atoms with E-state index in [2.05, 4.69) is 16.8 Å². The number of rotatable bonds is 2. The molecule has 2 N–H and O–H groups in total. The van der Waals surface area contributed by atoms with Crippen LogP contribution in [0.15, 0.2) is 18.2 Å². The Labute approximate surface area is 153 Å². The fourth-order valence-corrected chi connectivity index (χ4v) is 6.30. The van der Waals surface area contributed by atoms with Crippen molar-refractivity contribution in [2.24, 2.45) is 11.8 Å². The summed E-state index contributed by atoms with van der Waals surface area (Å²) in [4.78, 5) is 19.4. The van der Waals surface area contributed by atoms with Gasteiger partial charge in [0.15, 0.2) is 0 Å². The number of H-pyrrole nitrogens is 1. The Balaban J connectivity index is 1.81. The Morgan fingerprint density at radius 1 is 1.46 bits per heavy atom. The average Bonchev–Trinajstić information content (AvgIpc) is 2.98. The number of phenols is 1. The minimum Gasteiger partial charge on any atom is -0.508 e. The molecule has 3 aliphatic heterocycles. The molecule has 1 aromatic carbocycles. The van der Waals surface area contributed by atoms with Crippen LogP contribution in [0.25, 0.3) is 10.9 Å². The van der Waals surface area contributed by atoms with Gasteiger partial charge in [0.2, 0.25) is 0 Å². The summed E-state index contributed by atoms with van der Waals surface area (Å²) in [6.45, 7) is 4.30. The molecule has 0 spiro atoms. The molecule has 0 amide bonds. The summed E-state index contributed by atoms with van der Waals surface area (Å²) >= 11 is 0. The van der Waals surface area contributed by atoms with Crippen LogP contribution >= 0.6 is 0 Å². The van der Waals surface area contributed by atoms with Gasteiger partial charge in [0.05, 0.1) is 7.11 Å². The maximum Gasteiger partial charge on any atom is 0.319 e. The molecule has 5 nitrogen and oxygen atoms in total. The minimum atomic E-state index is -0.614. The number of hydrogen-bond donors (Lipinski definition) is 2. The summed E-state index contributed by atoms with van der Waals surface area (Å²) in [7, 11) is 1.52.